The zero-order valence-electron chi connectivity index (χ0n) is 11.4. The lowest BCUT2D eigenvalue weighted by atomic mass is 10.3. The number of anilines is 2. The van der Waals surface area contributed by atoms with Gasteiger partial charge in [0.15, 0.2) is 0 Å². The summed E-state index contributed by atoms with van der Waals surface area (Å²) < 4.78 is 5.19. The summed E-state index contributed by atoms with van der Waals surface area (Å²) in [6, 6.07) is 12.6. The lowest BCUT2D eigenvalue weighted by molar-refractivity contribution is -0.113. The highest BCUT2D eigenvalue weighted by Crippen LogP contribution is 2.27. The number of nitrogens with two attached hydrogens (primary N) is 1. The van der Waals surface area contributed by atoms with Gasteiger partial charge in [-0.1, -0.05) is 23.7 Å². The van der Waals surface area contributed by atoms with Gasteiger partial charge in [0, 0.05) is 4.90 Å². The maximum atomic E-state index is 12.0. The molecule has 3 N–H and O–H groups in total. The van der Waals surface area contributed by atoms with Crippen LogP contribution < -0.4 is 15.8 Å². The van der Waals surface area contributed by atoms with E-state index in [2.05, 4.69) is 5.32 Å². The number of amides is 1. The van der Waals surface area contributed by atoms with Gasteiger partial charge in [0.05, 0.1) is 29.3 Å². The van der Waals surface area contributed by atoms with Crippen LogP contribution in [0.25, 0.3) is 0 Å². The Morgan fingerprint density at radius 3 is 2.81 bits per heavy atom. The van der Waals surface area contributed by atoms with Gasteiger partial charge < -0.3 is 15.8 Å². The van der Waals surface area contributed by atoms with Gasteiger partial charge in [0.25, 0.3) is 0 Å². The van der Waals surface area contributed by atoms with Crippen LogP contribution in [-0.4, -0.2) is 18.8 Å². The van der Waals surface area contributed by atoms with E-state index in [0.29, 0.717) is 22.1 Å². The predicted molar refractivity (Wildman–Crippen MR) is 88.2 cm³/mol. The maximum Gasteiger partial charge on any atom is 0.234 e. The van der Waals surface area contributed by atoms with E-state index < -0.39 is 0 Å². The second-order valence-electron chi connectivity index (χ2n) is 4.22. The predicted octanol–water partition coefficient (Wildman–Crippen LogP) is 3.66. The number of rotatable bonds is 5. The minimum Gasteiger partial charge on any atom is -0.495 e. The highest BCUT2D eigenvalue weighted by molar-refractivity contribution is 8.00. The standard InChI is InChI=1S/C15H15ClN2O2S/c1-20-14-5-3-2-4-13(14)18-15(19)9-21-10-6-7-12(17)11(16)8-10/h2-8H,9,17H2,1H3,(H,18,19). The van der Waals surface area contributed by atoms with Crippen LogP contribution in [0.5, 0.6) is 5.75 Å². The third-order valence-electron chi connectivity index (χ3n) is 2.72. The maximum absolute atomic E-state index is 12.0. The third-order valence-corrected chi connectivity index (χ3v) is 4.04. The van der Waals surface area contributed by atoms with Crippen molar-refractivity contribution in [2.75, 3.05) is 23.9 Å². The number of benzene rings is 2. The topological polar surface area (TPSA) is 64.3 Å². The molecule has 0 bridgehead atoms. The number of nitrogen functional groups attached to an aromatic ring is 1. The molecule has 110 valence electrons. The van der Waals surface area contributed by atoms with Gasteiger partial charge in [-0.25, -0.2) is 0 Å². The van der Waals surface area contributed by atoms with Crippen molar-refractivity contribution in [1.29, 1.82) is 0 Å². The van der Waals surface area contributed by atoms with Crippen LogP contribution in [0.15, 0.2) is 47.4 Å². The molecular formula is C15H15ClN2O2S. The Labute approximate surface area is 132 Å². The molecule has 0 aliphatic carbocycles. The molecule has 6 heteroatoms. The zero-order chi connectivity index (χ0) is 15.2. The van der Waals surface area contributed by atoms with Crippen LogP contribution >= 0.6 is 23.4 Å². The first-order valence-corrected chi connectivity index (χ1v) is 7.57. The zero-order valence-corrected chi connectivity index (χ0v) is 13.0. The number of hydrogen-bond acceptors (Lipinski definition) is 4. The smallest absolute Gasteiger partial charge is 0.234 e. The van der Waals surface area contributed by atoms with Crippen molar-refractivity contribution < 1.29 is 9.53 Å². The van der Waals surface area contributed by atoms with E-state index in [4.69, 9.17) is 22.1 Å². The Hall–Kier alpha value is -1.85. The van der Waals surface area contributed by atoms with Crippen molar-refractivity contribution in [1.82, 2.24) is 0 Å². The fourth-order valence-electron chi connectivity index (χ4n) is 1.68. The monoisotopic (exact) mass is 322 g/mol. The molecule has 21 heavy (non-hydrogen) atoms. The summed E-state index contributed by atoms with van der Waals surface area (Å²) in [6.45, 7) is 0. The van der Waals surface area contributed by atoms with E-state index in [-0.39, 0.29) is 11.7 Å². The van der Waals surface area contributed by atoms with Crippen molar-refractivity contribution >= 4 is 40.6 Å². The van der Waals surface area contributed by atoms with Crippen molar-refractivity contribution in [3.63, 3.8) is 0 Å². The fraction of sp³-hybridized carbons (Fsp3) is 0.133. The molecule has 0 saturated heterocycles. The normalized spacial score (nSPS) is 10.2. The molecule has 2 rings (SSSR count). The molecule has 0 aliphatic rings. The summed E-state index contributed by atoms with van der Waals surface area (Å²) in [5, 5.41) is 3.31. The number of methoxy groups -OCH3 is 1. The molecule has 0 heterocycles. The Kier molecular flexibility index (Phi) is 5.36. The van der Waals surface area contributed by atoms with Gasteiger partial charge in [0.2, 0.25) is 5.91 Å². The van der Waals surface area contributed by atoms with Crippen molar-refractivity contribution in [3.05, 3.63) is 47.5 Å². The number of nitrogens with one attached hydrogen (secondary N) is 1. The van der Waals surface area contributed by atoms with Crippen LogP contribution in [0.2, 0.25) is 5.02 Å². The average molecular weight is 323 g/mol. The molecule has 0 aromatic heterocycles. The lowest BCUT2D eigenvalue weighted by Gasteiger charge is -2.09. The molecule has 0 spiro atoms. The number of ether oxygens (including phenoxy) is 1. The summed E-state index contributed by atoms with van der Waals surface area (Å²) >= 11 is 7.33. The average Bonchev–Trinajstić information content (AvgIpc) is 2.49. The molecule has 0 radical (unpaired) electrons. The number of carbonyl (C=O) groups is 1. The number of halogens is 1. The number of para-hydroxylation sites is 2. The number of thioether (sulfide) groups is 1. The van der Waals surface area contributed by atoms with Gasteiger partial charge in [0.1, 0.15) is 5.75 Å². The first-order chi connectivity index (χ1) is 10.1. The lowest BCUT2D eigenvalue weighted by Crippen LogP contribution is -2.14. The van der Waals surface area contributed by atoms with E-state index in [1.54, 1.807) is 31.4 Å². The van der Waals surface area contributed by atoms with Gasteiger partial charge in [-0.3, -0.25) is 4.79 Å². The summed E-state index contributed by atoms with van der Waals surface area (Å²) in [6.07, 6.45) is 0. The number of carbonyl (C=O) groups excluding carboxylic acids is 1. The quantitative estimate of drug-likeness (QED) is 0.651. The van der Waals surface area contributed by atoms with E-state index in [0.717, 1.165) is 4.90 Å². The van der Waals surface area contributed by atoms with Gasteiger partial charge >= 0.3 is 0 Å². The van der Waals surface area contributed by atoms with E-state index >= 15 is 0 Å². The van der Waals surface area contributed by atoms with Crippen molar-refractivity contribution in [2.24, 2.45) is 0 Å². The summed E-state index contributed by atoms with van der Waals surface area (Å²) in [4.78, 5) is 12.9. The minimum absolute atomic E-state index is 0.113. The molecule has 0 fully saturated rings. The van der Waals surface area contributed by atoms with Gasteiger partial charge in [-0.05, 0) is 30.3 Å². The van der Waals surface area contributed by atoms with Crippen LogP contribution in [0.4, 0.5) is 11.4 Å². The second kappa shape index (κ2) is 7.24. The second-order valence-corrected chi connectivity index (χ2v) is 5.68. The highest BCUT2D eigenvalue weighted by Gasteiger charge is 2.08. The van der Waals surface area contributed by atoms with E-state index in [1.807, 2.05) is 18.2 Å². The Bertz CT molecular complexity index is 649. The molecule has 4 nitrogen and oxygen atoms in total. The SMILES string of the molecule is COc1ccccc1NC(=O)CSc1ccc(N)c(Cl)c1. The first-order valence-electron chi connectivity index (χ1n) is 6.21. The molecule has 0 atom stereocenters. The van der Waals surface area contributed by atoms with Crippen molar-refractivity contribution in [3.8, 4) is 5.75 Å². The Morgan fingerprint density at radius 1 is 1.33 bits per heavy atom. The summed E-state index contributed by atoms with van der Waals surface area (Å²) in [5.41, 5.74) is 6.83. The molecular weight excluding hydrogens is 308 g/mol. The Balaban J connectivity index is 1.94. The first kappa shape index (κ1) is 15.5. The van der Waals surface area contributed by atoms with Crippen LogP contribution in [0, 0.1) is 0 Å². The molecule has 2 aromatic carbocycles. The van der Waals surface area contributed by atoms with Gasteiger partial charge in [-0.15, -0.1) is 11.8 Å². The highest BCUT2D eigenvalue weighted by atomic mass is 35.5. The molecule has 2 aromatic rings. The van der Waals surface area contributed by atoms with E-state index in [1.165, 1.54) is 11.8 Å². The molecule has 0 aliphatic heterocycles. The molecule has 1 amide bonds. The van der Waals surface area contributed by atoms with Crippen LogP contribution in [-0.2, 0) is 4.79 Å². The fourth-order valence-corrected chi connectivity index (χ4v) is 2.66. The van der Waals surface area contributed by atoms with Gasteiger partial charge in [-0.2, -0.15) is 0 Å². The number of hydrogen-bond donors (Lipinski definition) is 2. The van der Waals surface area contributed by atoms with E-state index in [9.17, 15) is 4.79 Å². The summed E-state index contributed by atoms with van der Waals surface area (Å²) in [7, 11) is 1.57. The molecule has 0 unspecified atom stereocenters. The van der Waals surface area contributed by atoms with Crippen LogP contribution in [0.1, 0.15) is 0 Å². The van der Waals surface area contributed by atoms with Crippen LogP contribution in [0.3, 0.4) is 0 Å². The third kappa shape index (κ3) is 4.31. The van der Waals surface area contributed by atoms with Crippen molar-refractivity contribution in [2.45, 2.75) is 4.90 Å². The Morgan fingerprint density at radius 2 is 2.10 bits per heavy atom. The summed E-state index contributed by atoms with van der Waals surface area (Å²) in [5.74, 6) is 0.794. The molecule has 0 saturated carbocycles. The minimum atomic E-state index is -0.113. The largest absolute Gasteiger partial charge is 0.495 e.